The standard InChI is InChI=1S/C18H20ClN3O2/c19-17-12(2-1-3-13(17)20)15-4-5-16(24-15)18(23)21-14-10-22-8-6-11(14)7-9-22/h1-5,11,14H,6-10,20H2,(H,21,23). The zero-order valence-electron chi connectivity index (χ0n) is 13.3. The van der Waals surface area contributed by atoms with Gasteiger partial charge in [-0.3, -0.25) is 4.79 Å². The first-order chi connectivity index (χ1) is 11.6. The van der Waals surface area contributed by atoms with Crippen molar-refractivity contribution in [3.8, 4) is 11.3 Å². The van der Waals surface area contributed by atoms with Gasteiger partial charge in [-0.1, -0.05) is 17.7 Å². The van der Waals surface area contributed by atoms with E-state index in [1.54, 1.807) is 18.2 Å². The summed E-state index contributed by atoms with van der Waals surface area (Å²) in [6, 6.07) is 9.02. The number of rotatable bonds is 3. The molecule has 0 saturated carbocycles. The van der Waals surface area contributed by atoms with Gasteiger partial charge in [-0.25, -0.2) is 0 Å². The van der Waals surface area contributed by atoms with Crippen molar-refractivity contribution in [3.63, 3.8) is 0 Å². The first-order valence-electron chi connectivity index (χ1n) is 8.29. The normalized spacial score (nSPS) is 25.6. The number of furan rings is 1. The molecule has 4 heterocycles. The molecule has 5 rings (SSSR count). The second kappa shape index (κ2) is 6.15. The van der Waals surface area contributed by atoms with Gasteiger partial charge in [0, 0.05) is 18.2 Å². The Bertz CT molecular complexity index is 765. The number of fused-ring (bicyclic) bond motifs is 3. The van der Waals surface area contributed by atoms with E-state index < -0.39 is 0 Å². The van der Waals surface area contributed by atoms with E-state index in [1.807, 2.05) is 12.1 Å². The summed E-state index contributed by atoms with van der Waals surface area (Å²) in [5.74, 6) is 1.27. The highest BCUT2D eigenvalue weighted by atomic mass is 35.5. The first-order valence-corrected chi connectivity index (χ1v) is 8.67. The molecule has 2 bridgehead atoms. The predicted molar refractivity (Wildman–Crippen MR) is 94.0 cm³/mol. The molecule has 6 heteroatoms. The molecule has 2 aromatic rings. The maximum atomic E-state index is 12.5. The van der Waals surface area contributed by atoms with Crippen molar-refractivity contribution in [1.82, 2.24) is 10.2 Å². The maximum Gasteiger partial charge on any atom is 0.287 e. The Balaban J connectivity index is 1.50. The van der Waals surface area contributed by atoms with Crippen molar-refractivity contribution in [2.24, 2.45) is 5.92 Å². The lowest BCUT2D eigenvalue weighted by atomic mass is 9.84. The van der Waals surface area contributed by atoms with Crippen LogP contribution >= 0.6 is 11.6 Å². The van der Waals surface area contributed by atoms with E-state index in [0.29, 0.717) is 33.7 Å². The van der Waals surface area contributed by atoms with E-state index in [-0.39, 0.29) is 11.9 Å². The number of nitrogens with zero attached hydrogens (tertiary/aromatic N) is 1. The summed E-state index contributed by atoms with van der Waals surface area (Å²) < 4.78 is 5.72. The van der Waals surface area contributed by atoms with E-state index in [1.165, 1.54) is 0 Å². The number of hydrogen-bond donors (Lipinski definition) is 2. The first kappa shape index (κ1) is 15.5. The van der Waals surface area contributed by atoms with Crippen molar-refractivity contribution in [2.45, 2.75) is 18.9 Å². The number of benzene rings is 1. The molecule has 0 radical (unpaired) electrons. The van der Waals surface area contributed by atoms with Gasteiger partial charge in [0.2, 0.25) is 0 Å². The predicted octanol–water partition coefficient (Wildman–Crippen LogP) is 3.01. The summed E-state index contributed by atoms with van der Waals surface area (Å²) in [6.07, 6.45) is 2.32. The number of piperidine rings is 3. The zero-order chi connectivity index (χ0) is 16.7. The quantitative estimate of drug-likeness (QED) is 0.839. The fraction of sp³-hybridized carbons (Fsp3) is 0.389. The molecule has 3 fully saturated rings. The summed E-state index contributed by atoms with van der Waals surface area (Å²) in [5.41, 5.74) is 7.01. The van der Waals surface area contributed by atoms with Gasteiger partial charge in [-0.05, 0) is 56.1 Å². The minimum Gasteiger partial charge on any atom is -0.451 e. The smallest absolute Gasteiger partial charge is 0.287 e. The number of hydrogen-bond acceptors (Lipinski definition) is 4. The van der Waals surface area contributed by atoms with Crippen LogP contribution in [0.1, 0.15) is 23.4 Å². The van der Waals surface area contributed by atoms with Crippen LogP contribution in [0.2, 0.25) is 5.02 Å². The molecular weight excluding hydrogens is 326 g/mol. The summed E-state index contributed by atoms with van der Waals surface area (Å²) in [6.45, 7) is 3.23. The monoisotopic (exact) mass is 345 g/mol. The van der Waals surface area contributed by atoms with Crippen molar-refractivity contribution in [2.75, 3.05) is 25.4 Å². The van der Waals surface area contributed by atoms with Crippen LogP contribution in [0.15, 0.2) is 34.7 Å². The number of amides is 1. The van der Waals surface area contributed by atoms with Gasteiger partial charge in [0.15, 0.2) is 5.76 Å². The Morgan fingerprint density at radius 3 is 2.75 bits per heavy atom. The molecule has 3 saturated heterocycles. The number of carbonyl (C=O) groups excluding carboxylic acids is 1. The highest BCUT2D eigenvalue weighted by molar-refractivity contribution is 6.35. The van der Waals surface area contributed by atoms with E-state index in [2.05, 4.69) is 10.2 Å². The highest BCUT2D eigenvalue weighted by Crippen LogP contribution is 2.33. The molecule has 3 aliphatic heterocycles. The second-order valence-corrected chi connectivity index (χ2v) is 6.97. The van der Waals surface area contributed by atoms with E-state index >= 15 is 0 Å². The molecule has 126 valence electrons. The number of nitrogens with two attached hydrogens (primary N) is 1. The van der Waals surface area contributed by atoms with Crippen LogP contribution in [0.3, 0.4) is 0 Å². The van der Waals surface area contributed by atoms with E-state index in [0.717, 1.165) is 32.5 Å². The van der Waals surface area contributed by atoms with Gasteiger partial charge in [0.25, 0.3) is 5.91 Å². The minimum atomic E-state index is -0.167. The number of carbonyl (C=O) groups is 1. The Morgan fingerprint density at radius 1 is 1.25 bits per heavy atom. The Hall–Kier alpha value is -1.98. The fourth-order valence-corrected chi connectivity index (χ4v) is 3.93. The Morgan fingerprint density at radius 2 is 2.04 bits per heavy atom. The van der Waals surface area contributed by atoms with Gasteiger partial charge in [-0.2, -0.15) is 0 Å². The number of anilines is 1. The maximum absolute atomic E-state index is 12.5. The molecule has 1 aromatic carbocycles. The molecule has 3 aliphatic rings. The largest absolute Gasteiger partial charge is 0.451 e. The lowest BCUT2D eigenvalue weighted by molar-refractivity contribution is 0.0606. The molecule has 5 nitrogen and oxygen atoms in total. The summed E-state index contributed by atoms with van der Waals surface area (Å²) in [4.78, 5) is 14.9. The summed E-state index contributed by atoms with van der Waals surface area (Å²) >= 11 is 6.22. The van der Waals surface area contributed by atoms with Gasteiger partial charge >= 0.3 is 0 Å². The van der Waals surface area contributed by atoms with Gasteiger partial charge in [-0.15, -0.1) is 0 Å². The van der Waals surface area contributed by atoms with Gasteiger partial charge in [0.1, 0.15) is 5.76 Å². The van der Waals surface area contributed by atoms with Gasteiger partial charge < -0.3 is 20.4 Å². The molecule has 0 aliphatic carbocycles. The number of halogens is 1. The third kappa shape index (κ3) is 2.78. The van der Waals surface area contributed by atoms with Crippen LogP contribution in [0.5, 0.6) is 0 Å². The van der Waals surface area contributed by atoms with Crippen LogP contribution < -0.4 is 11.1 Å². The summed E-state index contributed by atoms with van der Waals surface area (Å²) in [7, 11) is 0. The lowest BCUT2D eigenvalue weighted by Crippen LogP contribution is -2.57. The second-order valence-electron chi connectivity index (χ2n) is 6.59. The van der Waals surface area contributed by atoms with Crippen LogP contribution in [0, 0.1) is 5.92 Å². The van der Waals surface area contributed by atoms with Crippen molar-refractivity contribution >= 4 is 23.2 Å². The molecular formula is C18H20ClN3O2. The minimum absolute atomic E-state index is 0.167. The topological polar surface area (TPSA) is 71.5 Å². The van der Waals surface area contributed by atoms with Crippen molar-refractivity contribution in [3.05, 3.63) is 41.1 Å². The molecule has 1 atom stereocenters. The third-order valence-corrected chi connectivity index (χ3v) is 5.52. The van der Waals surface area contributed by atoms with Gasteiger partial charge in [0.05, 0.1) is 10.7 Å². The fourth-order valence-electron chi connectivity index (χ4n) is 3.71. The average Bonchev–Trinajstić information content (AvgIpc) is 3.08. The van der Waals surface area contributed by atoms with E-state index in [4.69, 9.17) is 21.8 Å². The third-order valence-electron chi connectivity index (χ3n) is 5.10. The average molecular weight is 346 g/mol. The van der Waals surface area contributed by atoms with Crippen LogP contribution in [0.25, 0.3) is 11.3 Å². The Labute approximate surface area is 145 Å². The zero-order valence-corrected chi connectivity index (χ0v) is 14.1. The molecule has 1 aromatic heterocycles. The Kier molecular flexibility index (Phi) is 3.98. The van der Waals surface area contributed by atoms with Crippen LogP contribution in [0.4, 0.5) is 5.69 Å². The summed E-state index contributed by atoms with van der Waals surface area (Å²) in [5, 5.41) is 3.57. The molecule has 24 heavy (non-hydrogen) atoms. The van der Waals surface area contributed by atoms with Crippen LogP contribution in [-0.2, 0) is 0 Å². The lowest BCUT2D eigenvalue weighted by Gasteiger charge is -2.44. The number of nitrogens with one attached hydrogen (secondary N) is 1. The molecule has 3 N–H and O–H groups in total. The SMILES string of the molecule is Nc1cccc(-c2ccc(C(=O)NC3CN4CCC3CC4)o2)c1Cl. The highest BCUT2D eigenvalue weighted by Gasteiger charge is 2.35. The number of nitrogen functional groups attached to an aromatic ring is 1. The van der Waals surface area contributed by atoms with Crippen LogP contribution in [-0.4, -0.2) is 36.5 Å². The van der Waals surface area contributed by atoms with E-state index in [9.17, 15) is 4.79 Å². The molecule has 1 unspecified atom stereocenters. The molecule has 1 amide bonds. The van der Waals surface area contributed by atoms with Crippen molar-refractivity contribution < 1.29 is 9.21 Å². The van der Waals surface area contributed by atoms with Crippen molar-refractivity contribution in [1.29, 1.82) is 0 Å². The molecule has 0 spiro atoms.